The van der Waals surface area contributed by atoms with Crippen LogP contribution in [0.2, 0.25) is 0 Å². The molecule has 0 spiro atoms. The SMILES string of the molecule is COCCn1ncc(-c2ccc(B3OC(C)(C)C(C)(C)O3)c(OC)c2)c1C. The van der Waals surface area contributed by atoms with Crippen molar-refractivity contribution in [1.29, 1.82) is 0 Å². The first-order valence-electron chi connectivity index (χ1n) is 9.25. The summed E-state index contributed by atoms with van der Waals surface area (Å²) in [5.41, 5.74) is 3.33. The Morgan fingerprint density at radius 2 is 1.78 bits per heavy atom. The number of methoxy groups -OCH3 is 2. The van der Waals surface area contributed by atoms with Crippen LogP contribution in [0.3, 0.4) is 0 Å². The number of aromatic nitrogens is 2. The third kappa shape index (κ3) is 3.64. The Kier molecular flexibility index (Phi) is 5.39. The maximum atomic E-state index is 6.18. The van der Waals surface area contributed by atoms with Crippen molar-refractivity contribution >= 4 is 12.6 Å². The fourth-order valence-corrected chi connectivity index (χ4v) is 3.18. The highest BCUT2D eigenvalue weighted by Gasteiger charge is 2.52. The Labute approximate surface area is 161 Å². The summed E-state index contributed by atoms with van der Waals surface area (Å²) in [6, 6.07) is 6.10. The van der Waals surface area contributed by atoms with E-state index in [1.807, 2.05) is 50.7 Å². The van der Waals surface area contributed by atoms with Gasteiger partial charge in [-0.3, -0.25) is 4.68 Å². The zero-order chi connectivity index (χ0) is 19.8. The molecule has 0 atom stereocenters. The van der Waals surface area contributed by atoms with Crippen LogP contribution in [0.1, 0.15) is 33.4 Å². The van der Waals surface area contributed by atoms with Crippen molar-refractivity contribution in [3.05, 3.63) is 30.1 Å². The van der Waals surface area contributed by atoms with Crippen molar-refractivity contribution in [2.45, 2.75) is 52.4 Å². The monoisotopic (exact) mass is 372 g/mol. The molecule has 0 saturated carbocycles. The number of rotatable bonds is 6. The molecule has 0 amide bonds. The van der Waals surface area contributed by atoms with Gasteiger partial charge in [0.05, 0.1) is 37.7 Å². The zero-order valence-corrected chi connectivity index (χ0v) is 17.3. The minimum absolute atomic E-state index is 0.388. The molecule has 7 heteroatoms. The molecule has 1 aromatic heterocycles. The molecule has 1 aliphatic rings. The normalized spacial score (nSPS) is 18.1. The summed E-state index contributed by atoms with van der Waals surface area (Å²) in [5, 5.41) is 4.47. The Morgan fingerprint density at radius 1 is 1.11 bits per heavy atom. The molecular formula is C20H29BN2O4. The van der Waals surface area contributed by atoms with E-state index in [0.717, 1.165) is 34.6 Å². The lowest BCUT2D eigenvalue weighted by Crippen LogP contribution is -2.41. The summed E-state index contributed by atoms with van der Waals surface area (Å²) in [6.45, 7) is 11.6. The zero-order valence-electron chi connectivity index (χ0n) is 17.3. The van der Waals surface area contributed by atoms with E-state index in [9.17, 15) is 0 Å². The first-order valence-corrected chi connectivity index (χ1v) is 9.25. The van der Waals surface area contributed by atoms with Gasteiger partial charge in [-0.15, -0.1) is 0 Å². The van der Waals surface area contributed by atoms with Crippen molar-refractivity contribution in [3.63, 3.8) is 0 Å². The smallest absolute Gasteiger partial charge is 0.497 e. The van der Waals surface area contributed by atoms with Gasteiger partial charge in [-0.05, 0) is 46.2 Å². The van der Waals surface area contributed by atoms with Gasteiger partial charge in [-0.1, -0.05) is 12.1 Å². The number of ether oxygens (including phenoxy) is 2. The fourth-order valence-electron chi connectivity index (χ4n) is 3.18. The molecule has 146 valence electrons. The van der Waals surface area contributed by atoms with Crippen LogP contribution in [-0.4, -0.2) is 48.9 Å². The molecule has 1 saturated heterocycles. The van der Waals surface area contributed by atoms with Gasteiger partial charge in [-0.25, -0.2) is 0 Å². The molecule has 0 bridgehead atoms. The second-order valence-corrected chi connectivity index (χ2v) is 7.90. The van der Waals surface area contributed by atoms with Crippen molar-refractivity contribution < 1.29 is 18.8 Å². The molecule has 6 nitrogen and oxygen atoms in total. The third-order valence-corrected chi connectivity index (χ3v) is 5.66. The van der Waals surface area contributed by atoms with Gasteiger partial charge in [0, 0.05) is 23.8 Å². The molecule has 2 heterocycles. The Bertz CT molecular complexity index is 800. The van der Waals surface area contributed by atoms with E-state index in [0.29, 0.717) is 6.61 Å². The number of benzene rings is 1. The maximum Gasteiger partial charge on any atom is 0.498 e. The molecule has 2 aromatic rings. The first kappa shape index (κ1) is 19.9. The van der Waals surface area contributed by atoms with Crippen LogP contribution < -0.4 is 10.2 Å². The Morgan fingerprint density at radius 3 is 2.37 bits per heavy atom. The van der Waals surface area contributed by atoms with Gasteiger partial charge >= 0.3 is 7.12 Å². The van der Waals surface area contributed by atoms with Crippen LogP contribution in [0.15, 0.2) is 24.4 Å². The van der Waals surface area contributed by atoms with Crippen molar-refractivity contribution in [3.8, 4) is 16.9 Å². The van der Waals surface area contributed by atoms with Crippen LogP contribution in [0.4, 0.5) is 0 Å². The van der Waals surface area contributed by atoms with E-state index in [1.165, 1.54) is 0 Å². The standard InChI is InChI=1S/C20H29BN2O4/c1-14-16(13-22-23(14)10-11-24-6)15-8-9-17(18(12-15)25-7)21-26-19(2,3)20(4,5)27-21/h8-9,12-13H,10-11H2,1-7H3. The highest BCUT2D eigenvalue weighted by molar-refractivity contribution is 6.63. The third-order valence-electron chi connectivity index (χ3n) is 5.66. The van der Waals surface area contributed by atoms with Gasteiger partial charge in [0.15, 0.2) is 0 Å². The number of hydrogen-bond acceptors (Lipinski definition) is 5. The van der Waals surface area contributed by atoms with E-state index in [4.69, 9.17) is 18.8 Å². The van der Waals surface area contributed by atoms with Gasteiger partial charge < -0.3 is 18.8 Å². The molecule has 0 N–H and O–H groups in total. The second-order valence-electron chi connectivity index (χ2n) is 7.90. The topological polar surface area (TPSA) is 54.7 Å². The summed E-state index contributed by atoms with van der Waals surface area (Å²) < 4.78 is 25.1. The molecule has 0 radical (unpaired) electrons. The quantitative estimate of drug-likeness (QED) is 0.730. The fraction of sp³-hybridized carbons (Fsp3) is 0.550. The molecule has 1 aliphatic heterocycles. The Balaban J connectivity index is 1.91. The van der Waals surface area contributed by atoms with E-state index in [-0.39, 0.29) is 11.2 Å². The molecular weight excluding hydrogens is 343 g/mol. The van der Waals surface area contributed by atoms with Crippen LogP contribution in [0.5, 0.6) is 5.75 Å². The van der Waals surface area contributed by atoms with Gasteiger partial charge in [0.25, 0.3) is 0 Å². The highest BCUT2D eigenvalue weighted by atomic mass is 16.7. The van der Waals surface area contributed by atoms with E-state index in [1.54, 1.807) is 14.2 Å². The maximum absolute atomic E-state index is 6.18. The van der Waals surface area contributed by atoms with Gasteiger partial charge in [0.2, 0.25) is 0 Å². The lowest BCUT2D eigenvalue weighted by atomic mass is 9.77. The lowest BCUT2D eigenvalue weighted by molar-refractivity contribution is 0.00578. The summed E-state index contributed by atoms with van der Waals surface area (Å²) >= 11 is 0. The van der Waals surface area contributed by atoms with E-state index >= 15 is 0 Å². The average molecular weight is 372 g/mol. The van der Waals surface area contributed by atoms with Crippen LogP contribution in [0, 0.1) is 6.92 Å². The van der Waals surface area contributed by atoms with Gasteiger partial charge in [0.1, 0.15) is 5.75 Å². The molecule has 1 fully saturated rings. The van der Waals surface area contributed by atoms with Crippen molar-refractivity contribution in [2.75, 3.05) is 20.8 Å². The molecule has 0 unspecified atom stereocenters. The number of hydrogen-bond donors (Lipinski definition) is 0. The van der Waals surface area contributed by atoms with Crippen LogP contribution in [-0.2, 0) is 20.6 Å². The average Bonchev–Trinajstić information content (AvgIpc) is 3.08. The molecule has 3 rings (SSSR count). The second kappa shape index (κ2) is 7.30. The van der Waals surface area contributed by atoms with E-state index in [2.05, 4.69) is 18.1 Å². The minimum Gasteiger partial charge on any atom is -0.497 e. The predicted molar refractivity (Wildman–Crippen MR) is 107 cm³/mol. The number of nitrogens with zero attached hydrogens (tertiary/aromatic N) is 2. The Hall–Kier alpha value is -1.83. The van der Waals surface area contributed by atoms with Crippen LogP contribution >= 0.6 is 0 Å². The minimum atomic E-state index is -0.454. The highest BCUT2D eigenvalue weighted by Crippen LogP contribution is 2.37. The molecule has 27 heavy (non-hydrogen) atoms. The van der Waals surface area contributed by atoms with Crippen molar-refractivity contribution in [1.82, 2.24) is 9.78 Å². The largest absolute Gasteiger partial charge is 0.498 e. The van der Waals surface area contributed by atoms with Crippen molar-refractivity contribution in [2.24, 2.45) is 0 Å². The summed E-state index contributed by atoms with van der Waals surface area (Å²) in [4.78, 5) is 0. The molecule has 0 aliphatic carbocycles. The summed E-state index contributed by atoms with van der Waals surface area (Å²) in [5.74, 6) is 0.745. The first-order chi connectivity index (χ1) is 12.7. The summed E-state index contributed by atoms with van der Waals surface area (Å²) in [7, 11) is 2.91. The van der Waals surface area contributed by atoms with Gasteiger partial charge in [-0.2, -0.15) is 5.10 Å². The van der Waals surface area contributed by atoms with E-state index < -0.39 is 7.12 Å². The lowest BCUT2D eigenvalue weighted by Gasteiger charge is -2.32. The predicted octanol–water partition coefficient (Wildman–Crippen LogP) is 2.81. The molecule has 1 aromatic carbocycles. The van der Waals surface area contributed by atoms with Crippen LogP contribution in [0.25, 0.3) is 11.1 Å². The summed E-state index contributed by atoms with van der Waals surface area (Å²) in [6.07, 6.45) is 1.88.